The van der Waals surface area contributed by atoms with Crippen molar-refractivity contribution in [3.8, 4) is 5.75 Å². The van der Waals surface area contributed by atoms with Gasteiger partial charge in [-0.2, -0.15) is 11.8 Å². The number of carbonyl (C=O) groups excluding carboxylic acids is 1. The summed E-state index contributed by atoms with van der Waals surface area (Å²) < 4.78 is 18.1. The number of carbonyl (C=O) groups is 1. The summed E-state index contributed by atoms with van der Waals surface area (Å²) in [5, 5.41) is 0. The second-order valence-electron chi connectivity index (χ2n) is 4.17. The molecule has 0 aliphatic heterocycles. The standard InChI is InChI=1S/C14H20FNO2S/c1-3-10-19-11-14(17)16(2)8-9-18-13-6-4-12(15)5-7-13/h4-7H,3,8-11H2,1-2H3. The molecule has 0 bridgehead atoms. The number of ether oxygens (including phenoxy) is 1. The molecule has 0 fully saturated rings. The lowest BCUT2D eigenvalue weighted by Crippen LogP contribution is -2.32. The van der Waals surface area contributed by atoms with Gasteiger partial charge in [-0.3, -0.25) is 4.79 Å². The van der Waals surface area contributed by atoms with Gasteiger partial charge in [0.05, 0.1) is 12.3 Å². The van der Waals surface area contributed by atoms with E-state index in [2.05, 4.69) is 6.92 Å². The summed E-state index contributed by atoms with van der Waals surface area (Å²) in [5.41, 5.74) is 0. The highest BCUT2D eigenvalue weighted by molar-refractivity contribution is 7.99. The molecule has 106 valence electrons. The highest BCUT2D eigenvalue weighted by Gasteiger charge is 2.08. The zero-order valence-electron chi connectivity index (χ0n) is 11.4. The second-order valence-corrected chi connectivity index (χ2v) is 5.28. The molecule has 3 nitrogen and oxygen atoms in total. The summed E-state index contributed by atoms with van der Waals surface area (Å²) in [6.07, 6.45) is 1.08. The highest BCUT2D eigenvalue weighted by atomic mass is 32.2. The third-order valence-corrected chi connectivity index (χ3v) is 3.66. The maximum Gasteiger partial charge on any atom is 0.232 e. The minimum atomic E-state index is -0.285. The van der Waals surface area contributed by atoms with E-state index in [0.717, 1.165) is 12.2 Å². The van der Waals surface area contributed by atoms with Crippen molar-refractivity contribution in [3.63, 3.8) is 0 Å². The maximum atomic E-state index is 12.7. The number of nitrogens with zero attached hydrogens (tertiary/aromatic N) is 1. The molecule has 0 aliphatic rings. The number of hydrogen-bond donors (Lipinski definition) is 0. The number of likely N-dealkylation sites (N-methyl/N-ethyl adjacent to an activating group) is 1. The van der Waals surface area contributed by atoms with Crippen molar-refractivity contribution in [1.82, 2.24) is 4.90 Å². The Morgan fingerprint density at radius 2 is 2.05 bits per heavy atom. The largest absolute Gasteiger partial charge is 0.492 e. The third-order valence-electron chi connectivity index (χ3n) is 2.51. The van der Waals surface area contributed by atoms with Crippen LogP contribution in [0.4, 0.5) is 4.39 Å². The molecule has 5 heteroatoms. The van der Waals surface area contributed by atoms with Gasteiger partial charge in [-0.1, -0.05) is 6.92 Å². The Bertz CT molecular complexity index is 384. The van der Waals surface area contributed by atoms with E-state index < -0.39 is 0 Å². The van der Waals surface area contributed by atoms with Crippen LogP contribution in [-0.4, -0.2) is 42.5 Å². The van der Waals surface area contributed by atoms with Crippen LogP contribution in [0, 0.1) is 5.82 Å². The summed E-state index contributed by atoms with van der Waals surface area (Å²) in [4.78, 5) is 13.4. The van der Waals surface area contributed by atoms with Crippen LogP contribution < -0.4 is 4.74 Å². The van der Waals surface area contributed by atoms with Crippen LogP contribution in [0.15, 0.2) is 24.3 Å². The topological polar surface area (TPSA) is 29.5 Å². The molecule has 1 aromatic rings. The van der Waals surface area contributed by atoms with E-state index in [1.54, 1.807) is 35.8 Å². The molecule has 0 aliphatic carbocycles. The van der Waals surface area contributed by atoms with Gasteiger partial charge in [0.25, 0.3) is 0 Å². The predicted molar refractivity (Wildman–Crippen MR) is 77.1 cm³/mol. The van der Waals surface area contributed by atoms with Crippen LogP contribution in [0.5, 0.6) is 5.75 Å². The Balaban J connectivity index is 2.20. The van der Waals surface area contributed by atoms with E-state index in [9.17, 15) is 9.18 Å². The molecule has 19 heavy (non-hydrogen) atoms. The molecule has 0 N–H and O–H groups in total. The Morgan fingerprint density at radius 1 is 1.37 bits per heavy atom. The fraction of sp³-hybridized carbons (Fsp3) is 0.500. The van der Waals surface area contributed by atoms with Gasteiger partial charge in [-0.25, -0.2) is 4.39 Å². The van der Waals surface area contributed by atoms with E-state index >= 15 is 0 Å². The van der Waals surface area contributed by atoms with E-state index in [-0.39, 0.29) is 11.7 Å². The number of halogens is 1. The summed E-state index contributed by atoms with van der Waals surface area (Å²) in [6.45, 7) is 3.03. The molecule has 0 radical (unpaired) electrons. The summed E-state index contributed by atoms with van der Waals surface area (Å²) in [7, 11) is 1.77. The van der Waals surface area contributed by atoms with Gasteiger partial charge >= 0.3 is 0 Å². The molecule has 0 atom stereocenters. The highest BCUT2D eigenvalue weighted by Crippen LogP contribution is 2.11. The second kappa shape index (κ2) is 8.80. The fourth-order valence-electron chi connectivity index (χ4n) is 1.37. The molecular formula is C14H20FNO2S. The number of benzene rings is 1. The van der Waals surface area contributed by atoms with Gasteiger partial charge in [0.1, 0.15) is 18.2 Å². The van der Waals surface area contributed by atoms with E-state index in [4.69, 9.17) is 4.74 Å². The van der Waals surface area contributed by atoms with Crippen LogP contribution in [-0.2, 0) is 4.79 Å². The smallest absolute Gasteiger partial charge is 0.232 e. The maximum absolute atomic E-state index is 12.7. The van der Waals surface area contributed by atoms with Crippen molar-refractivity contribution in [1.29, 1.82) is 0 Å². The Hall–Kier alpha value is -1.23. The zero-order chi connectivity index (χ0) is 14.1. The van der Waals surface area contributed by atoms with E-state index in [1.165, 1.54) is 12.1 Å². The zero-order valence-corrected chi connectivity index (χ0v) is 12.2. The molecule has 0 spiro atoms. The summed E-state index contributed by atoms with van der Waals surface area (Å²) >= 11 is 1.65. The van der Waals surface area contributed by atoms with Crippen LogP contribution in [0.2, 0.25) is 0 Å². The quantitative estimate of drug-likeness (QED) is 0.688. The first-order valence-electron chi connectivity index (χ1n) is 6.33. The summed E-state index contributed by atoms with van der Waals surface area (Å²) in [6, 6.07) is 5.86. The molecule has 1 aromatic carbocycles. The van der Waals surface area contributed by atoms with Gasteiger partial charge in [-0.15, -0.1) is 0 Å². The van der Waals surface area contributed by atoms with Crippen LogP contribution in [0.1, 0.15) is 13.3 Å². The minimum Gasteiger partial charge on any atom is -0.492 e. The first-order chi connectivity index (χ1) is 9.13. The number of hydrogen-bond acceptors (Lipinski definition) is 3. The molecule has 0 saturated heterocycles. The molecule has 0 aromatic heterocycles. The van der Waals surface area contributed by atoms with Crippen molar-refractivity contribution < 1.29 is 13.9 Å². The van der Waals surface area contributed by atoms with Gasteiger partial charge < -0.3 is 9.64 Å². The molecule has 0 saturated carbocycles. The van der Waals surface area contributed by atoms with Crippen LogP contribution >= 0.6 is 11.8 Å². The Morgan fingerprint density at radius 3 is 2.68 bits per heavy atom. The Labute approximate surface area is 118 Å². The first kappa shape index (κ1) is 15.8. The normalized spacial score (nSPS) is 10.3. The number of amides is 1. The SMILES string of the molecule is CCCSCC(=O)N(C)CCOc1ccc(F)cc1. The fourth-order valence-corrected chi connectivity index (χ4v) is 2.20. The van der Waals surface area contributed by atoms with Crippen molar-refractivity contribution in [2.75, 3.05) is 31.7 Å². The lowest BCUT2D eigenvalue weighted by Gasteiger charge is -2.17. The predicted octanol–water partition coefficient (Wildman–Crippen LogP) is 2.81. The van der Waals surface area contributed by atoms with Gasteiger partial charge in [-0.05, 0) is 36.4 Å². The molecular weight excluding hydrogens is 265 g/mol. The van der Waals surface area contributed by atoms with Gasteiger partial charge in [0, 0.05) is 7.05 Å². The van der Waals surface area contributed by atoms with Crippen LogP contribution in [0.25, 0.3) is 0 Å². The molecule has 0 unspecified atom stereocenters. The minimum absolute atomic E-state index is 0.112. The molecule has 1 rings (SSSR count). The third kappa shape index (κ3) is 6.47. The average Bonchev–Trinajstić information content (AvgIpc) is 2.41. The van der Waals surface area contributed by atoms with Crippen molar-refractivity contribution in [2.24, 2.45) is 0 Å². The monoisotopic (exact) mass is 285 g/mol. The number of rotatable bonds is 8. The van der Waals surface area contributed by atoms with Crippen molar-refractivity contribution in [3.05, 3.63) is 30.1 Å². The summed E-state index contributed by atoms with van der Waals surface area (Å²) in [5.74, 6) is 1.96. The van der Waals surface area contributed by atoms with E-state index in [0.29, 0.717) is 24.7 Å². The van der Waals surface area contributed by atoms with E-state index in [1.807, 2.05) is 0 Å². The van der Waals surface area contributed by atoms with Gasteiger partial charge in [0.2, 0.25) is 5.91 Å². The Kier molecular flexibility index (Phi) is 7.33. The van der Waals surface area contributed by atoms with Gasteiger partial charge in [0.15, 0.2) is 0 Å². The van der Waals surface area contributed by atoms with Crippen molar-refractivity contribution in [2.45, 2.75) is 13.3 Å². The molecule has 1 amide bonds. The first-order valence-corrected chi connectivity index (χ1v) is 7.49. The lowest BCUT2D eigenvalue weighted by atomic mass is 10.3. The number of thioether (sulfide) groups is 1. The molecule has 0 heterocycles. The van der Waals surface area contributed by atoms with Crippen molar-refractivity contribution >= 4 is 17.7 Å². The average molecular weight is 285 g/mol. The lowest BCUT2D eigenvalue weighted by molar-refractivity contribution is -0.127. The van der Waals surface area contributed by atoms with Crippen LogP contribution in [0.3, 0.4) is 0 Å².